The highest BCUT2D eigenvalue weighted by molar-refractivity contribution is 5.66. The van der Waals surface area contributed by atoms with Crippen LogP contribution in [0.4, 0.5) is 0 Å². The number of carboxylic acid groups (broad SMARTS) is 1. The Labute approximate surface area is 102 Å². The summed E-state index contributed by atoms with van der Waals surface area (Å²) in [7, 11) is 0. The van der Waals surface area contributed by atoms with Crippen molar-refractivity contribution in [2.75, 3.05) is 6.54 Å². The second-order valence-corrected chi connectivity index (χ2v) is 3.84. The van der Waals surface area contributed by atoms with Crippen LogP contribution in [0.5, 0.6) is 0 Å². The fourth-order valence-corrected chi connectivity index (χ4v) is 1.48. The molecule has 0 unspecified atom stereocenters. The van der Waals surface area contributed by atoms with Crippen LogP contribution in [0.15, 0.2) is 5.34 Å². The molecule has 0 heterocycles. The molecule has 17 heavy (non-hydrogen) atoms. The van der Waals surface area contributed by atoms with Crippen molar-refractivity contribution in [1.29, 1.82) is 0 Å². The lowest BCUT2D eigenvalue weighted by Gasteiger charge is -2.00. The molecule has 0 spiro atoms. The molecule has 102 valence electrons. The first-order chi connectivity index (χ1) is 8.18. The van der Waals surface area contributed by atoms with Gasteiger partial charge in [0.1, 0.15) is 0 Å². The van der Waals surface area contributed by atoms with Crippen LogP contribution in [0.25, 0.3) is 0 Å². The SMILES string of the molecule is NCCCCCCCCCCC(=O)O.O=NO. The normalized spacial score (nSPS) is 9.24. The lowest BCUT2D eigenvalue weighted by atomic mass is 10.1. The number of nitrogens with zero attached hydrogens (tertiary/aromatic N) is 1. The van der Waals surface area contributed by atoms with Crippen LogP contribution in [0.3, 0.4) is 0 Å². The number of unbranched alkanes of at least 4 members (excludes halogenated alkanes) is 7. The minimum atomic E-state index is -0.673. The molecule has 0 atom stereocenters. The van der Waals surface area contributed by atoms with Gasteiger partial charge in [-0.15, -0.1) is 4.91 Å². The minimum absolute atomic E-state index is 0.327. The van der Waals surface area contributed by atoms with Gasteiger partial charge in [-0.2, -0.15) is 0 Å². The highest BCUT2D eigenvalue weighted by Gasteiger charge is 1.96. The van der Waals surface area contributed by atoms with Crippen LogP contribution in [0, 0.1) is 4.91 Å². The van der Waals surface area contributed by atoms with Crippen molar-refractivity contribution in [2.24, 2.45) is 11.1 Å². The summed E-state index contributed by atoms with van der Waals surface area (Å²) in [6, 6.07) is 0. The Kier molecular flexibility index (Phi) is 18.5. The first kappa shape index (κ1) is 18.2. The number of nitrogens with two attached hydrogens (primary N) is 1. The molecule has 0 rings (SSSR count). The van der Waals surface area contributed by atoms with Crippen molar-refractivity contribution in [3.63, 3.8) is 0 Å². The van der Waals surface area contributed by atoms with Gasteiger partial charge in [0, 0.05) is 6.42 Å². The molecule has 0 amide bonds. The lowest BCUT2D eigenvalue weighted by Crippen LogP contribution is -1.97. The molecule has 6 nitrogen and oxygen atoms in total. The quantitative estimate of drug-likeness (QED) is 0.312. The van der Waals surface area contributed by atoms with Gasteiger partial charge in [0.15, 0.2) is 5.34 Å². The number of carbonyl (C=O) groups is 1. The Morgan fingerprint density at radius 3 is 1.65 bits per heavy atom. The molecule has 0 saturated heterocycles. The van der Waals surface area contributed by atoms with Gasteiger partial charge < -0.3 is 16.0 Å². The van der Waals surface area contributed by atoms with Crippen molar-refractivity contribution in [2.45, 2.75) is 57.8 Å². The maximum Gasteiger partial charge on any atom is 0.303 e. The molecule has 0 aromatic rings. The predicted molar refractivity (Wildman–Crippen MR) is 65.8 cm³/mol. The van der Waals surface area contributed by atoms with Gasteiger partial charge in [0.05, 0.1) is 0 Å². The Morgan fingerprint density at radius 2 is 1.29 bits per heavy atom. The molecular formula is C11H24N2O4. The molecule has 0 fully saturated rings. The standard InChI is InChI=1S/C11H23NO2.HNO2/c12-10-8-6-4-2-1-3-5-7-9-11(13)14;2-1-3/h1-10,12H2,(H,13,14);(H,2,3). The van der Waals surface area contributed by atoms with E-state index in [2.05, 4.69) is 0 Å². The van der Waals surface area contributed by atoms with Crippen molar-refractivity contribution in [3.05, 3.63) is 4.91 Å². The van der Waals surface area contributed by atoms with Gasteiger partial charge in [-0.25, -0.2) is 0 Å². The van der Waals surface area contributed by atoms with Crippen molar-refractivity contribution >= 4 is 5.97 Å². The number of hydrogen-bond acceptors (Lipinski definition) is 4. The molecule has 0 radical (unpaired) electrons. The second-order valence-electron chi connectivity index (χ2n) is 3.84. The topological polar surface area (TPSA) is 113 Å². The summed E-state index contributed by atoms with van der Waals surface area (Å²) in [5, 5.41) is 16.3. The van der Waals surface area contributed by atoms with E-state index >= 15 is 0 Å². The summed E-state index contributed by atoms with van der Waals surface area (Å²) < 4.78 is 0. The Bertz CT molecular complexity index is 177. The van der Waals surface area contributed by atoms with E-state index in [0.29, 0.717) is 6.42 Å². The smallest absolute Gasteiger partial charge is 0.303 e. The molecule has 0 aromatic carbocycles. The van der Waals surface area contributed by atoms with Gasteiger partial charge in [0.25, 0.3) is 0 Å². The Hall–Kier alpha value is -1.17. The number of aliphatic carboxylic acids is 1. The van der Waals surface area contributed by atoms with Crippen LogP contribution in [0.1, 0.15) is 57.8 Å². The predicted octanol–water partition coefficient (Wildman–Crippen LogP) is 2.68. The summed E-state index contributed by atoms with van der Waals surface area (Å²) in [5.74, 6) is -0.673. The van der Waals surface area contributed by atoms with Gasteiger partial charge in [0.2, 0.25) is 0 Å². The molecule has 6 heteroatoms. The highest BCUT2D eigenvalue weighted by Crippen LogP contribution is 2.09. The average Bonchev–Trinajstić information content (AvgIpc) is 2.27. The number of rotatable bonds is 10. The molecule has 0 aromatic heterocycles. The van der Waals surface area contributed by atoms with Crippen LogP contribution in [0.2, 0.25) is 0 Å². The average molecular weight is 248 g/mol. The summed E-state index contributed by atoms with van der Waals surface area (Å²) in [4.78, 5) is 18.3. The highest BCUT2D eigenvalue weighted by atomic mass is 16.6. The second kappa shape index (κ2) is 17.2. The fraction of sp³-hybridized carbons (Fsp3) is 0.909. The zero-order chi connectivity index (χ0) is 13.4. The van der Waals surface area contributed by atoms with Gasteiger partial charge in [-0.05, 0) is 19.4 Å². The first-order valence-corrected chi connectivity index (χ1v) is 6.07. The van der Waals surface area contributed by atoms with Crippen LogP contribution in [-0.4, -0.2) is 22.8 Å². The van der Waals surface area contributed by atoms with E-state index in [1.807, 2.05) is 0 Å². The number of carboxylic acids is 1. The third kappa shape index (κ3) is 25.3. The molecule has 0 bridgehead atoms. The molecule has 0 aliphatic heterocycles. The third-order valence-electron chi connectivity index (χ3n) is 2.34. The van der Waals surface area contributed by atoms with E-state index in [9.17, 15) is 4.79 Å². The zero-order valence-electron chi connectivity index (χ0n) is 10.3. The third-order valence-corrected chi connectivity index (χ3v) is 2.34. The van der Waals surface area contributed by atoms with Gasteiger partial charge >= 0.3 is 5.97 Å². The maximum absolute atomic E-state index is 10.2. The van der Waals surface area contributed by atoms with Gasteiger partial charge in [-0.1, -0.05) is 38.5 Å². The van der Waals surface area contributed by atoms with Crippen LogP contribution < -0.4 is 5.73 Å². The minimum Gasteiger partial charge on any atom is -0.481 e. The molecule has 4 N–H and O–H groups in total. The van der Waals surface area contributed by atoms with E-state index in [-0.39, 0.29) is 0 Å². The zero-order valence-corrected chi connectivity index (χ0v) is 10.3. The molecular weight excluding hydrogens is 224 g/mol. The molecule has 0 aliphatic rings. The van der Waals surface area contributed by atoms with Crippen molar-refractivity contribution < 1.29 is 15.1 Å². The number of hydrogen-bond donors (Lipinski definition) is 3. The summed E-state index contributed by atoms with van der Waals surface area (Å²) in [5.41, 5.74) is 5.38. The lowest BCUT2D eigenvalue weighted by molar-refractivity contribution is -0.137. The van der Waals surface area contributed by atoms with Gasteiger partial charge in [-0.3, -0.25) is 4.79 Å². The van der Waals surface area contributed by atoms with E-state index in [4.69, 9.17) is 21.0 Å². The summed E-state index contributed by atoms with van der Waals surface area (Å²) in [6.45, 7) is 0.804. The van der Waals surface area contributed by atoms with Crippen molar-refractivity contribution in [3.8, 4) is 0 Å². The van der Waals surface area contributed by atoms with E-state index in [0.717, 1.165) is 25.8 Å². The monoisotopic (exact) mass is 248 g/mol. The van der Waals surface area contributed by atoms with Crippen LogP contribution in [-0.2, 0) is 4.79 Å². The molecule has 0 aliphatic carbocycles. The maximum atomic E-state index is 10.2. The Morgan fingerprint density at radius 1 is 0.941 bits per heavy atom. The first-order valence-electron chi connectivity index (χ1n) is 6.07. The fourth-order valence-electron chi connectivity index (χ4n) is 1.48. The summed E-state index contributed by atoms with van der Waals surface area (Å²) in [6.07, 6.45) is 9.56. The van der Waals surface area contributed by atoms with E-state index in [1.165, 1.54) is 37.4 Å². The molecule has 0 saturated carbocycles. The van der Waals surface area contributed by atoms with Crippen LogP contribution >= 0.6 is 0 Å². The Balaban J connectivity index is 0. The van der Waals surface area contributed by atoms with Crippen molar-refractivity contribution in [1.82, 2.24) is 0 Å². The van der Waals surface area contributed by atoms with E-state index < -0.39 is 5.97 Å². The largest absolute Gasteiger partial charge is 0.481 e. The van der Waals surface area contributed by atoms with E-state index in [1.54, 1.807) is 0 Å². The summed E-state index contributed by atoms with van der Waals surface area (Å²) >= 11 is 0.